The van der Waals surface area contributed by atoms with Crippen molar-refractivity contribution in [2.75, 3.05) is 0 Å². The van der Waals surface area contributed by atoms with E-state index in [9.17, 15) is 13.2 Å². The van der Waals surface area contributed by atoms with Crippen LogP contribution in [0.3, 0.4) is 0 Å². The van der Waals surface area contributed by atoms with Crippen LogP contribution in [0, 0.1) is 0 Å². The maximum Gasteiger partial charge on any atom is 0.523 e. The van der Waals surface area contributed by atoms with Crippen molar-refractivity contribution in [3.05, 3.63) is 23.8 Å². The van der Waals surface area contributed by atoms with E-state index in [-0.39, 0.29) is 6.42 Å². The van der Waals surface area contributed by atoms with E-state index in [0.717, 1.165) is 10.4 Å². The van der Waals surface area contributed by atoms with E-state index in [0.29, 0.717) is 6.42 Å². The van der Waals surface area contributed by atoms with Gasteiger partial charge in [0.1, 0.15) is 0 Å². The van der Waals surface area contributed by atoms with Crippen LogP contribution in [0.15, 0.2) is 23.8 Å². The fourth-order valence-electron chi connectivity index (χ4n) is 1.32. The van der Waals surface area contributed by atoms with Gasteiger partial charge in [-0.05, 0) is 23.8 Å². The van der Waals surface area contributed by atoms with Gasteiger partial charge in [-0.15, -0.1) is 13.2 Å². The van der Waals surface area contributed by atoms with E-state index < -0.39 is 12.5 Å². The number of thiocarbonyl (C=S) groups is 1. The Hall–Kier alpha value is -0.680. The lowest BCUT2D eigenvalue weighted by Gasteiger charge is -2.18. The highest BCUT2D eigenvalue weighted by Gasteiger charge is 2.32. The minimum absolute atomic E-state index is 0.244. The summed E-state index contributed by atoms with van der Waals surface area (Å²) < 4.78 is 39.4. The highest BCUT2D eigenvalue weighted by Crippen LogP contribution is 2.24. The maximum absolute atomic E-state index is 11.8. The Morgan fingerprint density at radius 2 is 2.27 bits per heavy atom. The monoisotopic (exact) mass is 236 g/mol. The molecule has 0 radical (unpaired) electrons. The molecule has 0 amide bonds. The summed E-state index contributed by atoms with van der Waals surface area (Å²) in [5.74, 6) is 0. The Morgan fingerprint density at radius 1 is 1.60 bits per heavy atom. The van der Waals surface area contributed by atoms with Crippen molar-refractivity contribution >= 4 is 17.1 Å². The van der Waals surface area contributed by atoms with Crippen molar-refractivity contribution in [3.63, 3.8) is 0 Å². The molecule has 1 aliphatic rings. The molecule has 84 valence electrons. The van der Waals surface area contributed by atoms with Crippen molar-refractivity contribution in [2.24, 2.45) is 0 Å². The molecule has 0 aliphatic heterocycles. The van der Waals surface area contributed by atoms with Crippen molar-refractivity contribution in [2.45, 2.75) is 32.2 Å². The molecule has 0 aromatic heterocycles. The quantitative estimate of drug-likeness (QED) is 0.693. The molecule has 0 saturated carbocycles. The van der Waals surface area contributed by atoms with Gasteiger partial charge in [0, 0.05) is 6.42 Å². The summed E-state index contributed by atoms with van der Waals surface area (Å²) in [6.07, 6.45) is 0.182. The number of ether oxygens (including phenoxy) is 1. The zero-order valence-corrected chi connectivity index (χ0v) is 8.99. The van der Waals surface area contributed by atoms with Gasteiger partial charge in [-0.25, -0.2) is 0 Å². The minimum Gasteiger partial charge on any atom is -0.284 e. The second-order valence-electron chi connectivity index (χ2n) is 3.35. The number of hydrogen-bond acceptors (Lipinski definition) is 2. The van der Waals surface area contributed by atoms with Crippen molar-refractivity contribution in [1.82, 2.24) is 0 Å². The van der Waals surface area contributed by atoms with Crippen LogP contribution in [0.4, 0.5) is 13.2 Å². The Labute approximate surface area is 91.6 Å². The number of hydrogen-bond donors (Lipinski definition) is 0. The molecule has 1 aliphatic carbocycles. The fraction of sp³-hybridized carbons (Fsp3) is 0.500. The van der Waals surface area contributed by atoms with Gasteiger partial charge in [-0.1, -0.05) is 30.4 Å². The van der Waals surface area contributed by atoms with E-state index in [2.05, 4.69) is 4.74 Å². The topological polar surface area (TPSA) is 9.23 Å². The van der Waals surface area contributed by atoms with Crippen molar-refractivity contribution < 1.29 is 17.9 Å². The Kier molecular flexibility index (Phi) is 4.04. The van der Waals surface area contributed by atoms with Crippen LogP contribution in [0.25, 0.3) is 0 Å². The van der Waals surface area contributed by atoms with Gasteiger partial charge >= 0.3 is 6.36 Å². The second-order valence-corrected chi connectivity index (χ2v) is 4.05. The van der Waals surface area contributed by atoms with Gasteiger partial charge in [0.2, 0.25) is 0 Å². The van der Waals surface area contributed by atoms with Crippen molar-refractivity contribution in [3.8, 4) is 0 Å². The molecule has 0 aromatic rings. The number of halogens is 3. The molecule has 0 aromatic carbocycles. The zero-order valence-electron chi connectivity index (χ0n) is 8.17. The van der Waals surface area contributed by atoms with Gasteiger partial charge in [0.05, 0.1) is 6.10 Å². The van der Waals surface area contributed by atoms with E-state index in [4.69, 9.17) is 12.2 Å². The molecular formula is C10H11F3OS. The molecule has 1 rings (SSSR count). The SMILES string of the molecule is CC(=S)CC1=CCC(OC(F)(F)F)C=C1. The summed E-state index contributed by atoms with van der Waals surface area (Å²) in [7, 11) is 0. The lowest BCUT2D eigenvalue weighted by Crippen LogP contribution is -2.23. The first kappa shape index (κ1) is 12.4. The summed E-state index contributed by atoms with van der Waals surface area (Å²) in [6.45, 7) is 1.81. The van der Waals surface area contributed by atoms with Gasteiger partial charge in [0.25, 0.3) is 0 Å². The lowest BCUT2D eigenvalue weighted by atomic mass is 10.0. The first-order valence-electron chi connectivity index (χ1n) is 4.48. The minimum atomic E-state index is -4.57. The Bertz CT molecular complexity index is 304. The number of alkyl halides is 3. The largest absolute Gasteiger partial charge is 0.523 e. The third-order valence-electron chi connectivity index (χ3n) is 1.88. The first-order chi connectivity index (χ1) is 6.87. The average Bonchev–Trinajstić information content (AvgIpc) is 2.05. The van der Waals surface area contributed by atoms with E-state index >= 15 is 0 Å². The van der Waals surface area contributed by atoms with Crippen LogP contribution in [-0.4, -0.2) is 17.3 Å². The first-order valence-corrected chi connectivity index (χ1v) is 4.89. The molecular weight excluding hydrogens is 225 g/mol. The van der Waals surface area contributed by atoms with Gasteiger partial charge in [-0.2, -0.15) is 0 Å². The van der Waals surface area contributed by atoms with Crippen LogP contribution >= 0.6 is 12.2 Å². The van der Waals surface area contributed by atoms with Crippen LogP contribution in [0.5, 0.6) is 0 Å². The molecule has 1 unspecified atom stereocenters. The van der Waals surface area contributed by atoms with E-state index in [1.165, 1.54) is 6.08 Å². The molecule has 5 heteroatoms. The second kappa shape index (κ2) is 4.90. The Morgan fingerprint density at radius 3 is 2.67 bits per heavy atom. The highest BCUT2D eigenvalue weighted by molar-refractivity contribution is 7.80. The van der Waals surface area contributed by atoms with Crippen molar-refractivity contribution in [1.29, 1.82) is 0 Å². The smallest absolute Gasteiger partial charge is 0.284 e. The standard InChI is InChI=1S/C10H11F3OS/c1-7(15)6-8-2-4-9(5-3-8)14-10(11,12)13/h2-4,9H,5-6H2,1H3. The predicted molar refractivity (Wildman–Crippen MR) is 55.7 cm³/mol. The maximum atomic E-state index is 11.8. The fourth-order valence-corrected chi connectivity index (χ4v) is 1.49. The molecule has 0 N–H and O–H groups in total. The molecule has 0 spiro atoms. The average molecular weight is 236 g/mol. The van der Waals surface area contributed by atoms with E-state index in [1.807, 2.05) is 6.92 Å². The predicted octanol–water partition coefficient (Wildman–Crippen LogP) is 3.56. The summed E-state index contributed by atoms with van der Waals surface area (Å²) in [4.78, 5) is 0.820. The summed E-state index contributed by atoms with van der Waals surface area (Å²) in [6, 6.07) is 0. The summed E-state index contributed by atoms with van der Waals surface area (Å²) in [5.41, 5.74) is 0.949. The molecule has 0 heterocycles. The number of rotatable bonds is 3. The third-order valence-corrected chi connectivity index (χ3v) is 2.02. The summed E-state index contributed by atoms with van der Waals surface area (Å²) in [5, 5.41) is 0. The van der Waals surface area contributed by atoms with Gasteiger partial charge in [0.15, 0.2) is 0 Å². The molecule has 1 nitrogen and oxygen atoms in total. The van der Waals surface area contributed by atoms with Gasteiger partial charge in [-0.3, -0.25) is 4.74 Å². The highest BCUT2D eigenvalue weighted by atomic mass is 32.1. The number of allylic oxidation sites excluding steroid dienone is 2. The van der Waals surface area contributed by atoms with Crippen LogP contribution in [0.1, 0.15) is 19.8 Å². The molecule has 15 heavy (non-hydrogen) atoms. The zero-order chi connectivity index (χ0) is 11.5. The van der Waals surface area contributed by atoms with Crippen LogP contribution in [0.2, 0.25) is 0 Å². The van der Waals surface area contributed by atoms with Crippen LogP contribution in [-0.2, 0) is 4.74 Å². The van der Waals surface area contributed by atoms with Gasteiger partial charge < -0.3 is 0 Å². The summed E-state index contributed by atoms with van der Waals surface area (Å²) >= 11 is 4.91. The molecule has 0 saturated heterocycles. The molecule has 0 fully saturated rings. The molecule has 0 bridgehead atoms. The normalized spacial score (nSPS) is 21.3. The molecule has 1 atom stereocenters. The van der Waals surface area contributed by atoms with Crippen LogP contribution < -0.4 is 0 Å². The Balaban J connectivity index is 2.46. The third kappa shape index (κ3) is 5.09. The lowest BCUT2D eigenvalue weighted by molar-refractivity contribution is -0.336. The van der Waals surface area contributed by atoms with E-state index in [1.54, 1.807) is 12.2 Å².